The zero-order valence-electron chi connectivity index (χ0n) is 10.5. The predicted octanol–water partition coefficient (Wildman–Crippen LogP) is 2.35. The fraction of sp³-hybridized carbons (Fsp3) is 0.750. The van der Waals surface area contributed by atoms with Gasteiger partial charge in [0.1, 0.15) is 6.61 Å². The Bertz CT molecular complexity index is 284. The van der Waals surface area contributed by atoms with Crippen molar-refractivity contribution in [2.45, 2.75) is 40.3 Å². The van der Waals surface area contributed by atoms with Gasteiger partial charge in [-0.3, -0.25) is 0 Å². The molecule has 1 aromatic heterocycles. The van der Waals surface area contributed by atoms with Crippen LogP contribution in [-0.4, -0.2) is 18.3 Å². The van der Waals surface area contributed by atoms with E-state index in [4.69, 9.17) is 9.26 Å². The van der Waals surface area contributed by atoms with Crippen molar-refractivity contribution in [3.8, 4) is 0 Å². The maximum Gasteiger partial charge on any atom is 0.162 e. The molecule has 4 nitrogen and oxygen atoms in total. The second-order valence-corrected chi connectivity index (χ2v) is 4.36. The summed E-state index contributed by atoms with van der Waals surface area (Å²) in [6.45, 7) is 9.48. The van der Waals surface area contributed by atoms with Crippen molar-refractivity contribution in [2.75, 3.05) is 13.2 Å². The largest absolute Gasteiger partial charge is 0.373 e. The third-order valence-electron chi connectivity index (χ3n) is 2.06. The van der Waals surface area contributed by atoms with Crippen molar-refractivity contribution < 1.29 is 9.26 Å². The quantitative estimate of drug-likeness (QED) is 0.691. The maximum absolute atomic E-state index is 5.37. The molecule has 0 aliphatic carbocycles. The van der Waals surface area contributed by atoms with E-state index in [9.17, 15) is 0 Å². The summed E-state index contributed by atoms with van der Waals surface area (Å²) in [4.78, 5) is 0. The molecule has 16 heavy (non-hydrogen) atoms. The first-order valence-electron chi connectivity index (χ1n) is 5.95. The molecule has 92 valence electrons. The summed E-state index contributed by atoms with van der Waals surface area (Å²) in [5, 5.41) is 7.29. The first-order valence-corrected chi connectivity index (χ1v) is 5.95. The number of hydrogen-bond donors (Lipinski definition) is 1. The summed E-state index contributed by atoms with van der Waals surface area (Å²) in [7, 11) is 0. The number of hydrogen-bond acceptors (Lipinski definition) is 4. The Kier molecular flexibility index (Phi) is 6.11. The average Bonchev–Trinajstić information content (AvgIpc) is 2.66. The Labute approximate surface area is 97.3 Å². The summed E-state index contributed by atoms with van der Waals surface area (Å²) in [5.41, 5.74) is 0.941. The Balaban J connectivity index is 2.22. The minimum Gasteiger partial charge on any atom is -0.373 e. The van der Waals surface area contributed by atoms with Crippen LogP contribution < -0.4 is 5.32 Å². The van der Waals surface area contributed by atoms with Gasteiger partial charge < -0.3 is 14.6 Å². The molecule has 0 spiro atoms. The van der Waals surface area contributed by atoms with E-state index in [1.807, 2.05) is 6.07 Å². The second kappa shape index (κ2) is 7.41. The Morgan fingerprint density at radius 3 is 3.00 bits per heavy atom. The second-order valence-electron chi connectivity index (χ2n) is 4.36. The Hall–Kier alpha value is -0.870. The van der Waals surface area contributed by atoms with Crippen LogP contribution in [0.25, 0.3) is 0 Å². The fourth-order valence-corrected chi connectivity index (χ4v) is 1.31. The summed E-state index contributed by atoms with van der Waals surface area (Å²) in [5.74, 6) is 1.45. The van der Waals surface area contributed by atoms with Crippen LogP contribution in [0.3, 0.4) is 0 Å². The molecular formula is C12H22N2O2. The van der Waals surface area contributed by atoms with Crippen LogP contribution in [0.1, 0.15) is 38.6 Å². The highest BCUT2D eigenvalue weighted by molar-refractivity contribution is 5.04. The highest BCUT2D eigenvalue weighted by Gasteiger charge is 2.04. The molecule has 0 aliphatic rings. The molecule has 1 N–H and O–H groups in total. The molecule has 1 heterocycles. The monoisotopic (exact) mass is 226 g/mol. The average molecular weight is 226 g/mol. The molecule has 0 radical (unpaired) electrons. The van der Waals surface area contributed by atoms with E-state index in [0.29, 0.717) is 12.5 Å². The van der Waals surface area contributed by atoms with Gasteiger partial charge in [0.15, 0.2) is 5.76 Å². The van der Waals surface area contributed by atoms with Gasteiger partial charge in [0, 0.05) is 19.2 Å². The molecule has 0 saturated carbocycles. The fourth-order valence-electron chi connectivity index (χ4n) is 1.31. The van der Waals surface area contributed by atoms with Gasteiger partial charge in [-0.15, -0.1) is 0 Å². The third-order valence-corrected chi connectivity index (χ3v) is 2.06. The van der Waals surface area contributed by atoms with Crippen molar-refractivity contribution in [1.82, 2.24) is 10.5 Å². The standard InChI is InChI=1S/C12H22N2O2/c1-4-5-15-9-12-6-11(14-16-12)8-13-7-10(2)3/h6,10,13H,4-5,7-9H2,1-3H3. The molecule has 0 aromatic carbocycles. The molecule has 0 bridgehead atoms. The number of nitrogens with zero attached hydrogens (tertiary/aromatic N) is 1. The topological polar surface area (TPSA) is 47.3 Å². The van der Waals surface area contributed by atoms with Gasteiger partial charge in [0.05, 0.1) is 5.69 Å². The molecule has 1 aromatic rings. The van der Waals surface area contributed by atoms with E-state index < -0.39 is 0 Å². The number of ether oxygens (including phenoxy) is 1. The Morgan fingerprint density at radius 1 is 1.50 bits per heavy atom. The molecule has 0 amide bonds. The van der Waals surface area contributed by atoms with Crippen molar-refractivity contribution in [1.29, 1.82) is 0 Å². The molecule has 4 heteroatoms. The number of rotatable bonds is 8. The van der Waals surface area contributed by atoms with E-state index >= 15 is 0 Å². The number of aromatic nitrogens is 1. The van der Waals surface area contributed by atoms with Gasteiger partial charge in [-0.25, -0.2) is 0 Å². The molecule has 0 unspecified atom stereocenters. The lowest BCUT2D eigenvalue weighted by molar-refractivity contribution is 0.102. The first-order chi connectivity index (χ1) is 7.72. The zero-order chi connectivity index (χ0) is 11.8. The summed E-state index contributed by atoms with van der Waals surface area (Å²) >= 11 is 0. The van der Waals surface area contributed by atoms with Crippen LogP contribution in [0.2, 0.25) is 0 Å². The highest BCUT2D eigenvalue weighted by atomic mass is 16.5. The van der Waals surface area contributed by atoms with Gasteiger partial charge in [-0.05, 0) is 18.9 Å². The van der Waals surface area contributed by atoms with Gasteiger partial charge in [-0.1, -0.05) is 25.9 Å². The van der Waals surface area contributed by atoms with E-state index in [1.54, 1.807) is 0 Å². The van der Waals surface area contributed by atoms with E-state index in [-0.39, 0.29) is 0 Å². The van der Waals surface area contributed by atoms with Crippen molar-refractivity contribution >= 4 is 0 Å². The van der Waals surface area contributed by atoms with E-state index in [1.165, 1.54) is 0 Å². The van der Waals surface area contributed by atoms with E-state index in [0.717, 1.165) is 37.6 Å². The van der Waals surface area contributed by atoms with Crippen LogP contribution in [0.15, 0.2) is 10.6 Å². The molecule has 0 aliphatic heterocycles. The van der Waals surface area contributed by atoms with Crippen molar-refractivity contribution in [3.63, 3.8) is 0 Å². The number of nitrogens with one attached hydrogen (secondary N) is 1. The lowest BCUT2D eigenvalue weighted by Gasteiger charge is -2.04. The molecule has 0 atom stereocenters. The summed E-state index contributed by atoms with van der Waals surface area (Å²) in [6, 6.07) is 1.95. The van der Waals surface area contributed by atoms with Crippen LogP contribution in [0.4, 0.5) is 0 Å². The van der Waals surface area contributed by atoms with Gasteiger partial charge in [0.2, 0.25) is 0 Å². The predicted molar refractivity (Wildman–Crippen MR) is 63.0 cm³/mol. The van der Waals surface area contributed by atoms with Crippen LogP contribution in [0, 0.1) is 5.92 Å². The molecule has 0 fully saturated rings. The van der Waals surface area contributed by atoms with Gasteiger partial charge >= 0.3 is 0 Å². The molecule has 0 saturated heterocycles. The van der Waals surface area contributed by atoms with Crippen molar-refractivity contribution in [3.05, 3.63) is 17.5 Å². The highest BCUT2D eigenvalue weighted by Crippen LogP contribution is 2.05. The maximum atomic E-state index is 5.37. The minimum absolute atomic E-state index is 0.519. The smallest absolute Gasteiger partial charge is 0.162 e. The molecular weight excluding hydrogens is 204 g/mol. The van der Waals surface area contributed by atoms with Crippen molar-refractivity contribution in [2.24, 2.45) is 5.92 Å². The third kappa shape index (κ3) is 5.28. The zero-order valence-corrected chi connectivity index (χ0v) is 10.5. The van der Waals surface area contributed by atoms with E-state index in [2.05, 4.69) is 31.2 Å². The summed E-state index contributed by atoms with van der Waals surface area (Å²) < 4.78 is 10.5. The van der Waals surface area contributed by atoms with Crippen LogP contribution in [-0.2, 0) is 17.9 Å². The first kappa shape index (κ1) is 13.2. The summed E-state index contributed by atoms with van der Waals surface area (Å²) in [6.07, 6.45) is 1.02. The normalized spacial score (nSPS) is 11.2. The molecule has 1 rings (SSSR count). The minimum atomic E-state index is 0.519. The SMILES string of the molecule is CCCOCc1cc(CNCC(C)C)no1. The lowest BCUT2D eigenvalue weighted by Crippen LogP contribution is -2.19. The lowest BCUT2D eigenvalue weighted by atomic mass is 10.2. The van der Waals surface area contributed by atoms with Crippen LogP contribution >= 0.6 is 0 Å². The van der Waals surface area contributed by atoms with Crippen LogP contribution in [0.5, 0.6) is 0 Å². The Morgan fingerprint density at radius 2 is 2.31 bits per heavy atom. The van der Waals surface area contributed by atoms with Gasteiger partial charge in [0.25, 0.3) is 0 Å². The van der Waals surface area contributed by atoms with Gasteiger partial charge in [-0.2, -0.15) is 0 Å².